The standard InChI is InChI=1S/C22H25NO2/c1-17(24)23(22(25)20-14-6-3-7-15-20)21(16-18-10-8-9-11-18)19-12-4-2-5-13-19/h2-7,12-15,18,21H,8-11,16H2,1H3. The zero-order valence-electron chi connectivity index (χ0n) is 14.7. The van der Waals surface area contributed by atoms with Crippen molar-refractivity contribution < 1.29 is 9.59 Å². The second-order valence-electron chi connectivity index (χ2n) is 6.87. The maximum absolute atomic E-state index is 13.1. The summed E-state index contributed by atoms with van der Waals surface area (Å²) >= 11 is 0. The summed E-state index contributed by atoms with van der Waals surface area (Å²) in [5, 5.41) is 0. The minimum absolute atomic E-state index is 0.194. The van der Waals surface area contributed by atoms with Crippen LogP contribution in [0.2, 0.25) is 0 Å². The summed E-state index contributed by atoms with van der Waals surface area (Å²) in [6.07, 6.45) is 5.73. The molecule has 0 N–H and O–H groups in total. The van der Waals surface area contributed by atoms with E-state index in [1.807, 2.05) is 48.5 Å². The highest BCUT2D eigenvalue weighted by molar-refractivity contribution is 6.04. The Kier molecular flexibility index (Phi) is 5.64. The molecule has 25 heavy (non-hydrogen) atoms. The first kappa shape index (κ1) is 17.4. The number of rotatable bonds is 5. The second-order valence-corrected chi connectivity index (χ2v) is 6.87. The number of amides is 2. The molecule has 130 valence electrons. The third kappa shape index (κ3) is 4.16. The first-order chi connectivity index (χ1) is 12.2. The number of carbonyl (C=O) groups excluding carboxylic acids is 2. The highest BCUT2D eigenvalue weighted by Gasteiger charge is 2.32. The van der Waals surface area contributed by atoms with Crippen LogP contribution in [0.25, 0.3) is 0 Å². The first-order valence-corrected chi connectivity index (χ1v) is 9.11. The number of hydrogen-bond donors (Lipinski definition) is 0. The molecule has 0 radical (unpaired) electrons. The van der Waals surface area contributed by atoms with E-state index in [0.29, 0.717) is 11.5 Å². The monoisotopic (exact) mass is 335 g/mol. The van der Waals surface area contributed by atoms with Crippen LogP contribution < -0.4 is 0 Å². The van der Waals surface area contributed by atoms with Crippen LogP contribution in [0.5, 0.6) is 0 Å². The summed E-state index contributed by atoms with van der Waals surface area (Å²) in [4.78, 5) is 27.0. The summed E-state index contributed by atoms with van der Waals surface area (Å²) in [6.45, 7) is 1.49. The van der Waals surface area contributed by atoms with E-state index in [1.54, 1.807) is 12.1 Å². The van der Waals surface area contributed by atoms with Crippen molar-refractivity contribution in [3.05, 3.63) is 71.8 Å². The highest BCUT2D eigenvalue weighted by atomic mass is 16.2. The molecule has 1 saturated carbocycles. The quantitative estimate of drug-likeness (QED) is 0.771. The Morgan fingerprint density at radius 3 is 2.08 bits per heavy atom. The Labute approximate surface area is 149 Å². The van der Waals surface area contributed by atoms with Gasteiger partial charge in [0, 0.05) is 12.5 Å². The normalized spacial score (nSPS) is 15.7. The predicted molar refractivity (Wildman–Crippen MR) is 99.1 cm³/mol. The van der Waals surface area contributed by atoms with Gasteiger partial charge in [0.1, 0.15) is 0 Å². The fourth-order valence-corrected chi connectivity index (χ4v) is 3.85. The van der Waals surface area contributed by atoms with E-state index >= 15 is 0 Å². The number of hydrogen-bond acceptors (Lipinski definition) is 2. The molecule has 3 rings (SSSR count). The molecule has 1 fully saturated rings. The van der Waals surface area contributed by atoms with Gasteiger partial charge in [-0.3, -0.25) is 14.5 Å². The van der Waals surface area contributed by atoms with Gasteiger partial charge in [-0.05, 0) is 30.0 Å². The van der Waals surface area contributed by atoms with Gasteiger partial charge in [0.15, 0.2) is 0 Å². The molecular weight excluding hydrogens is 310 g/mol. The molecule has 0 spiro atoms. The molecule has 1 unspecified atom stereocenters. The van der Waals surface area contributed by atoms with Crippen molar-refractivity contribution in [1.29, 1.82) is 0 Å². The van der Waals surface area contributed by atoms with Crippen LogP contribution in [-0.2, 0) is 4.79 Å². The third-order valence-electron chi connectivity index (χ3n) is 5.11. The van der Waals surface area contributed by atoms with Crippen molar-refractivity contribution in [2.45, 2.75) is 45.1 Å². The van der Waals surface area contributed by atoms with Crippen molar-refractivity contribution in [3.63, 3.8) is 0 Å². The molecular formula is C22H25NO2. The van der Waals surface area contributed by atoms with Crippen LogP contribution >= 0.6 is 0 Å². The fourth-order valence-electron chi connectivity index (χ4n) is 3.85. The lowest BCUT2D eigenvalue weighted by Gasteiger charge is -2.31. The van der Waals surface area contributed by atoms with Crippen molar-refractivity contribution >= 4 is 11.8 Å². The number of carbonyl (C=O) groups is 2. The van der Waals surface area contributed by atoms with Gasteiger partial charge < -0.3 is 0 Å². The topological polar surface area (TPSA) is 37.4 Å². The summed E-state index contributed by atoms with van der Waals surface area (Å²) in [7, 11) is 0. The minimum atomic E-state index is -0.208. The minimum Gasteiger partial charge on any atom is -0.275 e. The lowest BCUT2D eigenvalue weighted by molar-refractivity contribution is -0.128. The van der Waals surface area contributed by atoms with Crippen molar-refractivity contribution in [2.24, 2.45) is 5.92 Å². The SMILES string of the molecule is CC(=O)N(C(=O)c1ccccc1)C(CC1CCCC1)c1ccccc1. The van der Waals surface area contributed by atoms with Gasteiger partial charge in [0.25, 0.3) is 5.91 Å². The van der Waals surface area contributed by atoms with Gasteiger partial charge in [0.2, 0.25) is 5.91 Å². The van der Waals surface area contributed by atoms with Gasteiger partial charge in [-0.1, -0.05) is 74.2 Å². The Bertz CT molecular complexity index is 705. The van der Waals surface area contributed by atoms with Crippen LogP contribution in [0.3, 0.4) is 0 Å². The zero-order chi connectivity index (χ0) is 17.6. The summed E-state index contributed by atoms with van der Waals surface area (Å²) < 4.78 is 0. The molecule has 0 aliphatic heterocycles. The molecule has 2 amide bonds. The van der Waals surface area contributed by atoms with Gasteiger partial charge in [-0.25, -0.2) is 0 Å². The lowest BCUT2D eigenvalue weighted by Crippen LogP contribution is -2.39. The van der Waals surface area contributed by atoms with Crippen molar-refractivity contribution in [1.82, 2.24) is 4.90 Å². The Balaban J connectivity index is 1.95. The lowest BCUT2D eigenvalue weighted by atomic mass is 9.92. The number of imide groups is 1. The third-order valence-corrected chi connectivity index (χ3v) is 5.11. The molecule has 1 aliphatic carbocycles. The largest absolute Gasteiger partial charge is 0.275 e. The van der Waals surface area contributed by atoms with Crippen LogP contribution in [0.4, 0.5) is 0 Å². The summed E-state index contributed by atoms with van der Waals surface area (Å²) in [5.41, 5.74) is 1.60. The van der Waals surface area contributed by atoms with Crippen LogP contribution in [-0.4, -0.2) is 16.7 Å². The van der Waals surface area contributed by atoms with Gasteiger partial charge in [-0.2, -0.15) is 0 Å². The molecule has 0 heterocycles. The summed E-state index contributed by atoms with van der Waals surface area (Å²) in [6, 6.07) is 18.8. The van der Waals surface area contributed by atoms with Gasteiger partial charge >= 0.3 is 0 Å². The maximum Gasteiger partial charge on any atom is 0.261 e. The average Bonchev–Trinajstić information content (AvgIpc) is 3.15. The van der Waals surface area contributed by atoms with E-state index in [4.69, 9.17) is 0 Å². The van der Waals surface area contributed by atoms with E-state index in [2.05, 4.69) is 0 Å². The molecule has 1 aliphatic rings. The molecule has 1 atom stereocenters. The van der Waals surface area contributed by atoms with Gasteiger partial charge in [-0.15, -0.1) is 0 Å². The molecule has 0 saturated heterocycles. The molecule has 2 aromatic rings. The molecule has 3 heteroatoms. The second kappa shape index (κ2) is 8.11. The van der Waals surface area contributed by atoms with Crippen LogP contribution in [0.1, 0.15) is 61.0 Å². The first-order valence-electron chi connectivity index (χ1n) is 9.11. The predicted octanol–water partition coefficient (Wildman–Crippen LogP) is 5.00. The maximum atomic E-state index is 13.1. The van der Waals surface area contributed by atoms with Crippen LogP contribution in [0, 0.1) is 5.92 Å². The molecule has 0 aromatic heterocycles. The molecule has 0 bridgehead atoms. The fraction of sp³-hybridized carbons (Fsp3) is 0.364. The Hall–Kier alpha value is -2.42. The van der Waals surface area contributed by atoms with E-state index in [1.165, 1.54) is 37.5 Å². The van der Waals surface area contributed by atoms with E-state index < -0.39 is 0 Å². The molecule has 3 nitrogen and oxygen atoms in total. The smallest absolute Gasteiger partial charge is 0.261 e. The number of benzene rings is 2. The molecule has 2 aromatic carbocycles. The van der Waals surface area contributed by atoms with E-state index in [0.717, 1.165) is 12.0 Å². The van der Waals surface area contributed by atoms with Crippen molar-refractivity contribution in [3.8, 4) is 0 Å². The van der Waals surface area contributed by atoms with Gasteiger partial charge in [0.05, 0.1) is 6.04 Å². The average molecular weight is 335 g/mol. The van der Waals surface area contributed by atoms with Crippen LogP contribution in [0.15, 0.2) is 60.7 Å². The summed E-state index contributed by atoms with van der Waals surface area (Å²) in [5.74, 6) is 0.177. The zero-order valence-corrected chi connectivity index (χ0v) is 14.7. The highest BCUT2D eigenvalue weighted by Crippen LogP contribution is 2.36. The van der Waals surface area contributed by atoms with E-state index in [9.17, 15) is 9.59 Å². The Morgan fingerprint density at radius 2 is 1.52 bits per heavy atom. The Morgan fingerprint density at radius 1 is 0.960 bits per heavy atom. The van der Waals surface area contributed by atoms with Crippen molar-refractivity contribution in [2.75, 3.05) is 0 Å². The number of nitrogens with zero attached hydrogens (tertiary/aromatic N) is 1. The van der Waals surface area contributed by atoms with E-state index in [-0.39, 0.29) is 17.9 Å².